The van der Waals surface area contributed by atoms with Crippen LogP contribution in [-0.4, -0.2) is 30.9 Å². The molecular weight excluding hydrogens is 323 g/mol. The molecule has 5 nitrogen and oxygen atoms in total. The number of aliphatic hydroxyl groups excluding tert-OH is 1. The summed E-state index contributed by atoms with van der Waals surface area (Å²) < 4.78 is 29.4. The molecule has 1 aliphatic rings. The van der Waals surface area contributed by atoms with Gasteiger partial charge in [0.05, 0.1) is 16.6 Å². The zero-order valence-electron chi connectivity index (χ0n) is 10.1. The molecule has 0 saturated heterocycles. The number of fused-ring (bicyclic) bond motifs is 1. The van der Waals surface area contributed by atoms with Crippen LogP contribution in [0.4, 0.5) is 4.39 Å². The summed E-state index contributed by atoms with van der Waals surface area (Å²) in [6.07, 6.45) is -1.76. The van der Waals surface area contributed by atoms with Crippen molar-refractivity contribution in [3.8, 4) is 11.5 Å². The molecular formula is C12H12BrFO5. The van der Waals surface area contributed by atoms with Gasteiger partial charge in [0.2, 0.25) is 0 Å². The number of hydrogen-bond donors (Lipinski definition) is 1. The van der Waals surface area contributed by atoms with Crippen molar-refractivity contribution in [2.24, 2.45) is 0 Å². The van der Waals surface area contributed by atoms with Crippen molar-refractivity contribution in [2.45, 2.75) is 13.0 Å². The largest absolute Gasteiger partial charge is 0.486 e. The zero-order chi connectivity index (χ0) is 14.0. The van der Waals surface area contributed by atoms with Gasteiger partial charge in [-0.05, 0) is 22.9 Å². The quantitative estimate of drug-likeness (QED) is 0.856. The molecule has 1 aromatic rings. The van der Waals surface area contributed by atoms with E-state index >= 15 is 0 Å². The van der Waals surface area contributed by atoms with E-state index in [9.17, 15) is 14.3 Å². The highest BCUT2D eigenvalue weighted by atomic mass is 79.9. The summed E-state index contributed by atoms with van der Waals surface area (Å²) >= 11 is 3.01. The third-order valence-electron chi connectivity index (χ3n) is 2.54. The minimum atomic E-state index is -1.76. The molecule has 1 unspecified atom stereocenters. The summed E-state index contributed by atoms with van der Waals surface area (Å²) in [4.78, 5) is 11.5. The van der Waals surface area contributed by atoms with Crippen LogP contribution < -0.4 is 9.47 Å². The van der Waals surface area contributed by atoms with Crippen LogP contribution >= 0.6 is 15.9 Å². The Morgan fingerprint density at radius 3 is 2.95 bits per heavy atom. The van der Waals surface area contributed by atoms with Crippen LogP contribution in [0, 0.1) is 5.82 Å². The van der Waals surface area contributed by atoms with Gasteiger partial charge in [-0.3, -0.25) is 0 Å². The van der Waals surface area contributed by atoms with Gasteiger partial charge < -0.3 is 19.3 Å². The minimum absolute atomic E-state index is 0.0347. The Morgan fingerprint density at radius 2 is 2.26 bits per heavy atom. The van der Waals surface area contributed by atoms with E-state index in [1.54, 1.807) is 6.92 Å². The van der Waals surface area contributed by atoms with Crippen LogP contribution in [0.15, 0.2) is 10.5 Å². The molecule has 0 aromatic heterocycles. The molecule has 0 bridgehead atoms. The van der Waals surface area contributed by atoms with E-state index in [-0.39, 0.29) is 34.7 Å². The number of halogens is 2. The molecule has 0 saturated carbocycles. The fraction of sp³-hybridized carbons (Fsp3) is 0.417. The predicted molar refractivity (Wildman–Crippen MR) is 66.7 cm³/mol. The minimum Gasteiger partial charge on any atom is -0.486 e. The topological polar surface area (TPSA) is 65.0 Å². The average molecular weight is 335 g/mol. The number of carbonyl (C=O) groups is 1. The molecule has 1 aromatic carbocycles. The van der Waals surface area contributed by atoms with Gasteiger partial charge in [0.15, 0.2) is 17.6 Å². The van der Waals surface area contributed by atoms with Crippen LogP contribution in [0.25, 0.3) is 0 Å². The first kappa shape index (κ1) is 14.1. The Kier molecular flexibility index (Phi) is 4.26. The molecule has 0 spiro atoms. The molecule has 1 atom stereocenters. The molecule has 19 heavy (non-hydrogen) atoms. The van der Waals surface area contributed by atoms with Crippen molar-refractivity contribution >= 4 is 21.9 Å². The summed E-state index contributed by atoms with van der Waals surface area (Å²) in [5.74, 6) is -1.40. The number of carbonyl (C=O) groups excluding carboxylic acids is 1. The molecule has 0 aliphatic carbocycles. The van der Waals surface area contributed by atoms with Crippen molar-refractivity contribution in [1.82, 2.24) is 0 Å². The van der Waals surface area contributed by atoms with E-state index in [4.69, 9.17) is 9.47 Å². The number of ether oxygens (including phenoxy) is 3. The maximum absolute atomic E-state index is 14.1. The van der Waals surface area contributed by atoms with Crippen molar-refractivity contribution < 1.29 is 28.5 Å². The normalized spacial score (nSPS) is 14.9. The zero-order valence-corrected chi connectivity index (χ0v) is 11.7. The predicted octanol–water partition coefficient (Wildman–Crippen LogP) is 1.96. The van der Waals surface area contributed by atoms with Crippen molar-refractivity contribution in [3.05, 3.63) is 21.9 Å². The molecule has 0 amide bonds. The molecule has 0 radical (unpaired) electrons. The lowest BCUT2D eigenvalue weighted by Gasteiger charge is -2.23. The van der Waals surface area contributed by atoms with E-state index in [1.165, 1.54) is 6.07 Å². The second kappa shape index (κ2) is 5.75. The molecule has 7 heteroatoms. The molecule has 2 rings (SSSR count). The van der Waals surface area contributed by atoms with Crippen LogP contribution in [0.5, 0.6) is 11.5 Å². The van der Waals surface area contributed by atoms with Crippen LogP contribution in [0.2, 0.25) is 0 Å². The highest BCUT2D eigenvalue weighted by Gasteiger charge is 2.31. The van der Waals surface area contributed by atoms with E-state index in [2.05, 4.69) is 20.7 Å². The first-order chi connectivity index (χ1) is 9.06. The Bertz CT molecular complexity index is 505. The van der Waals surface area contributed by atoms with Gasteiger partial charge in [-0.2, -0.15) is 0 Å². The van der Waals surface area contributed by atoms with Gasteiger partial charge >= 0.3 is 5.97 Å². The smallest absolute Gasteiger partial charge is 0.339 e. The van der Waals surface area contributed by atoms with E-state index in [1.807, 2.05) is 0 Å². The van der Waals surface area contributed by atoms with Crippen molar-refractivity contribution in [2.75, 3.05) is 19.8 Å². The second-order valence-electron chi connectivity index (χ2n) is 3.76. The molecule has 1 heterocycles. The lowest BCUT2D eigenvalue weighted by molar-refractivity contribution is -0.153. The van der Waals surface area contributed by atoms with E-state index < -0.39 is 17.9 Å². The first-order valence-electron chi connectivity index (χ1n) is 5.68. The molecule has 1 aliphatic heterocycles. The summed E-state index contributed by atoms with van der Waals surface area (Å²) in [5.41, 5.74) is -0.275. The third kappa shape index (κ3) is 2.66. The van der Waals surface area contributed by atoms with Gasteiger partial charge in [0.25, 0.3) is 0 Å². The lowest BCUT2D eigenvalue weighted by atomic mass is 10.1. The standard InChI is InChI=1S/C12H12BrFO5/c1-2-17-12(16)10(15)8-9(14)6(13)5-7-11(8)19-4-3-18-7/h5,10,15H,2-4H2,1H3. The van der Waals surface area contributed by atoms with E-state index in [0.29, 0.717) is 6.61 Å². The van der Waals surface area contributed by atoms with Gasteiger partial charge in [0, 0.05) is 6.07 Å². The summed E-state index contributed by atoms with van der Waals surface area (Å²) in [5, 5.41) is 9.91. The maximum Gasteiger partial charge on any atom is 0.339 e. The van der Waals surface area contributed by atoms with Gasteiger partial charge in [0.1, 0.15) is 19.0 Å². The Morgan fingerprint density at radius 1 is 1.58 bits per heavy atom. The summed E-state index contributed by atoms with van der Waals surface area (Å²) in [7, 11) is 0. The summed E-state index contributed by atoms with van der Waals surface area (Å²) in [6.45, 7) is 2.22. The fourth-order valence-electron chi connectivity index (χ4n) is 1.74. The highest BCUT2D eigenvalue weighted by molar-refractivity contribution is 9.10. The lowest BCUT2D eigenvalue weighted by Crippen LogP contribution is -2.22. The Labute approximate surface area is 117 Å². The highest BCUT2D eigenvalue weighted by Crippen LogP contribution is 2.42. The monoisotopic (exact) mass is 334 g/mol. The van der Waals surface area contributed by atoms with Crippen molar-refractivity contribution in [1.29, 1.82) is 0 Å². The molecule has 0 fully saturated rings. The molecule has 1 N–H and O–H groups in total. The number of rotatable bonds is 3. The van der Waals surface area contributed by atoms with Crippen LogP contribution in [0.3, 0.4) is 0 Å². The maximum atomic E-state index is 14.1. The van der Waals surface area contributed by atoms with E-state index in [0.717, 1.165) is 0 Å². The van der Waals surface area contributed by atoms with Gasteiger partial charge in [-0.1, -0.05) is 0 Å². The number of benzene rings is 1. The van der Waals surface area contributed by atoms with Gasteiger partial charge in [-0.15, -0.1) is 0 Å². The van der Waals surface area contributed by atoms with Crippen LogP contribution in [0.1, 0.15) is 18.6 Å². The van der Waals surface area contributed by atoms with Crippen LogP contribution in [-0.2, 0) is 9.53 Å². The summed E-state index contributed by atoms with van der Waals surface area (Å²) in [6, 6.07) is 1.39. The Hall–Kier alpha value is -1.34. The molecule has 104 valence electrons. The van der Waals surface area contributed by atoms with Gasteiger partial charge in [-0.25, -0.2) is 9.18 Å². The second-order valence-corrected chi connectivity index (χ2v) is 4.62. The van der Waals surface area contributed by atoms with Crippen molar-refractivity contribution in [3.63, 3.8) is 0 Å². The first-order valence-corrected chi connectivity index (χ1v) is 6.47. The third-order valence-corrected chi connectivity index (χ3v) is 3.12. The number of esters is 1. The number of aliphatic hydroxyl groups is 1. The SMILES string of the molecule is CCOC(=O)C(O)c1c(F)c(Br)cc2c1OCCO2. The fourth-order valence-corrected chi connectivity index (χ4v) is 2.16. The average Bonchev–Trinajstić information content (AvgIpc) is 2.40. The number of hydrogen-bond acceptors (Lipinski definition) is 5. The Balaban J connectivity index is 2.48.